The Kier molecular flexibility index (Phi) is 4.62. The SMILES string of the molecule is CCCCCC1CC[NH+]([O-])CC1. The van der Waals surface area contributed by atoms with E-state index in [1.54, 1.807) is 0 Å². The van der Waals surface area contributed by atoms with Crippen LogP contribution in [0.1, 0.15) is 45.4 Å². The molecule has 1 fully saturated rings. The van der Waals surface area contributed by atoms with Crippen molar-refractivity contribution in [1.82, 2.24) is 0 Å². The van der Waals surface area contributed by atoms with Gasteiger partial charge in [0.05, 0.1) is 13.1 Å². The van der Waals surface area contributed by atoms with Crippen LogP contribution in [0.2, 0.25) is 0 Å². The van der Waals surface area contributed by atoms with Crippen LogP contribution >= 0.6 is 0 Å². The number of nitrogens with one attached hydrogen (secondary N) is 1. The van der Waals surface area contributed by atoms with Crippen molar-refractivity contribution < 1.29 is 5.06 Å². The lowest BCUT2D eigenvalue weighted by molar-refractivity contribution is -0.854. The summed E-state index contributed by atoms with van der Waals surface area (Å²) < 4.78 is 0. The third kappa shape index (κ3) is 3.55. The zero-order chi connectivity index (χ0) is 8.81. The molecule has 2 heteroatoms. The molecule has 2 nitrogen and oxygen atoms in total. The Balaban J connectivity index is 2.01. The van der Waals surface area contributed by atoms with Gasteiger partial charge in [-0.3, -0.25) is 0 Å². The van der Waals surface area contributed by atoms with E-state index >= 15 is 0 Å². The second kappa shape index (κ2) is 5.55. The first kappa shape index (κ1) is 10.0. The molecule has 1 heterocycles. The lowest BCUT2D eigenvalue weighted by Crippen LogP contribution is -3.08. The fraction of sp³-hybridized carbons (Fsp3) is 1.00. The fourth-order valence-electron chi connectivity index (χ4n) is 1.97. The summed E-state index contributed by atoms with van der Waals surface area (Å²) in [6.45, 7) is 3.96. The monoisotopic (exact) mass is 171 g/mol. The Bertz CT molecular complexity index is 108. The molecule has 1 saturated heterocycles. The van der Waals surface area contributed by atoms with Crippen molar-refractivity contribution in [2.45, 2.75) is 45.4 Å². The molecule has 0 bridgehead atoms. The minimum absolute atomic E-state index is 0.488. The van der Waals surface area contributed by atoms with Crippen LogP contribution in [0.25, 0.3) is 0 Å². The number of quaternary nitrogens is 1. The maximum absolute atomic E-state index is 10.9. The Labute approximate surface area is 75.5 Å². The van der Waals surface area contributed by atoms with E-state index in [1.165, 1.54) is 38.5 Å². The van der Waals surface area contributed by atoms with Crippen molar-refractivity contribution in [3.8, 4) is 0 Å². The average Bonchev–Trinajstić information content (AvgIpc) is 2.09. The first-order valence-corrected chi connectivity index (χ1v) is 5.34. The van der Waals surface area contributed by atoms with Crippen molar-refractivity contribution >= 4 is 0 Å². The molecule has 0 aromatic heterocycles. The highest BCUT2D eigenvalue weighted by molar-refractivity contribution is 4.62. The van der Waals surface area contributed by atoms with Gasteiger partial charge < -0.3 is 10.3 Å². The first-order valence-electron chi connectivity index (χ1n) is 5.34. The number of hydrogen-bond donors (Lipinski definition) is 1. The van der Waals surface area contributed by atoms with Crippen LogP contribution in [0.5, 0.6) is 0 Å². The van der Waals surface area contributed by atoms with E-state index in [4.69, 9.17) is 0 Å². The van der Waals surface area contributed by atoms with Crippen molar-refractivity contribution in [2.24, 2.45) is 5.92 Å². The van der Waals surface area contributed by atoms with E-state index in [9.17, 15) is 5.21 Å². The van der Waals surface area contributed by atoms with Crippen molar-refractivity contribution in [3.05, 3.63) is 5.21 Å². The summed E-state index contributed by atoms with van der Waals surface area (Å²) in [4.78, 5) is 0. The molecule has 0 saturated carbocycles. The molecule has 0 unspecified atom stereocenters. The van der Waals surface area contributed by atoms with Crippen molar-refractivity contribution in [3.63, 3.8) is 0 Å². The van der Waals surface area contributed by atoms with Gasteiger partial charge >= 0.3 is 0 Å². The second-order valence-corrected chi connectivity index (χ2v) is 3.98. The van der Waals surface area contributed by atoms with E-state index in [1.807, 2.05) is 0 Å². The highest BCUT2D eigenvalue weighted by Crippen LogP contribution is 2.17. The average molecular weight is 171 g/mol. The van der Waals surface area contributed by atoms with Crippen LogP contribution in [-0.4, -0.2) is 13.1 Å². The highest BCUT2D eigenvalue weighted by Gasteiger charge is 2.16. The normalized spacial score (nSPS) is 30.5. The molecule has 0 radical (unpaired) electrons. The van der Waals surface area contributed by atoms with Gasteiger partial charge in [-0.05, 0) is 18.8 Å². The molecule has 0 aromatic carbocycles. The highest BCUT2D eigenvalue weighted by atomic mass is 16.5. The van der Waals surface area contributed by atoms with Crippen molar-refractivity contribution in [2.75, 3.05) is 13.1 Å². The molecule has 1 rings (SSSR count). The van der Waals surface area contributed by atoms with Gasteiger partial charge in [-0.1, -0.05) is 32.6 Å². The number of piperidine rings is 1. The number of hydrogen-bond acceptors (Lipinski definition) is 1. The predicted octanol–water partition coefficient (Wildman–Crippen LogP) is 1.36. The Morgan fingerprint density at radius 2 is 1.92 bits per heavy atom. The van der Waals surface area contributed by atoms with Crippen LogP contribution in [-0.2, 0) is 0 Å². The van der Waals surface area contributed by atoms with Crippen LogP contribution < -0.4 is 5.06 Å². The van der Waals surface area contributed by atoms with Gasteiger partial charge in [0.1, 0.15) is 0 Å². The van der Waals surface area contributed by atoms with Crippen LogP contribution in [0.15, 0.2) is 0 Å². The standard InChI is InChI=1S/C10H21NO/c1-2-3-4-5-10-6-8-11(12)9-7-10/h10-11H,2-9H2,1H3. The van der Waals surface area contributed by atoms with E-state index in [2.05, 4.69) is 6.92 Å². The van der Waals surface area contributed by atoms with E-state index in [0.29, 0.717) is 5.06 Å². The summed E-state index contributed by atoms with van der Waals surface area (Å²) in [6, 6.07) is 0. The Hall–Kier alpha value is -0.0800. The molecular formula is C10H21NO. The molecular weight excluding hydrogens is 150 g/mol. The molecule has 72 valence electrons. The zero-order valence-corrected chi connectivity index (χ0v) is 8.14. The topological polar surface area (TPSA) is 27.5 Å². The third-order valence-corrected chi connectivity index (χ3v) is 2.88. The lowest BCUT2D eigenvalue weighted by atomic mass is 9.92. The smallest absolute Gasteiger partial charge is 0.0770 e. The Morgan fingerprint density at radius 3 is 2.50 bits per heavy atom. The first-order chi connectivity index (χ1) is 5.83. The molecule has 0 spiro atoms. The molecule has 12 heavy (non-hydrogen) atoms. The van der Waals surface area contributed by atoms with Gasteiger partial charge in [-0.15, -0.1) is 0 Å². The van der Waals surface area contributed by atoms with E-state index in [0.717, 1.165) is 19.0 Å². The maximum Gasteiger partial charge on any atom is 0.0770 e. The van der Waals surface area contributed by atoms with Gasteiger partial charge in [-0.25, -0.2) is 0 Å². The second-order valence-electron chi connectivity index (χ2n) is 3.98. The largest absolute Gasteiger partial charge is 0.634 e. The summed E-state index contributed by atoms with van der Waals surface area (Å²) in [5.41, 5.74) is 0. The van der Waals surface area contributed by atoms with Crippen LogP contribution in [0.3, 0.4) is 0 Å². The minimum Gasteiger partial charge on any atom is -0.634 e. The summed E-state index contributed by atoms with van der Waals surface area (Å²) >= 11 is 0. The summed E-state index contributed by atoms with van der Waals surface area (Å²) in [7, 11) is 0. The lowest BCUT2D eigenvalue weighted by Gasteiger charge is -2.31. The molecule has 0 amide bonds. The quantitative estimate of drug-likeness (QED) is 0.502. The number of hydroxylamine groups is 2. The van der Waals surface area contributed by atoms with Gasteiger partial charge in [0.25, 0.3) is 0 Å². The van der Waals surface area contributed by atoms with Gasteiger partial charge in [0.2, 0.25) is 0 Å². The molecule has 0 atom stereocenters. The Morgan fingerprint density at radius 1 is 1.25 bits per heavy atom. The number of rotatable bonds is 4. The molecule has 1 aliphatic rings. The van der Waals surface area contributed by atoms with E-state index < -0.39 is 0 Å². The minimum atomic E-state index is 0.488. The molecule has 0 aliphatic carbocycles. The third-order valence-electron chi connectivity index (χ3n) is 2.88. The summed E-state index contributed by atoms with van der Waals surface area (Å²) in [5, 5.41) is 11.4. The van der Waals surface area contributed by atoms with Gasteiger partial charge in [-0.2, -0.15) is 0 Å². The van der Waals surface area contributed by atoms with Gasteiger partial charge in [0, 0.05) is 0 Å². The molecule has 0 aromatic rings. The maximum atomic E-state index is 10.9. The molecule has 1 N–H and O–H groups in total. The van der Waals surface area contributed by atoms with Gasteiger partial charge in [0.15, 0.2) is 0 Å². The zero-order valence-electron chi connectivity index (χ0n) is 8.14. The van der Waals surface area contributed by atoms with Crippen LogP contribution in [0.4, 0.5) is 0 Å². The predicted molar refractivity (Wildman–Crippen MR) is 50.9 cm³/mol. The van der Waals surface area contributed by atoms with Crippen LogP contribution in [0, 0.1) is 11.1 Å². The molecule has 1 aliphatic heterocycles. The van der Waals surface area contributed by atoms with E-state index in [-0.39, 0.29) is 0 Å². The summed E-state index contributed by atoms with van der Waals surface area (Å²) in [6.07, 6.45) is 7.75. The summed E-state index contributed by atoms with van der Waals surface area (Å²) in [5.74, 6) is 0.870. The fourth-order valence-corrected chi connectivity index (χ4v) is 1.97. The number of unbranched alkanes of at least 4 members (excludes halogenated alkanes) is 2. The van der Waals surface area contributed by atoms with Crippen molar-refractivity contribution in [1.29, 1.82) is 0 Å².